The molecular weight excluding hydrogens is 188 g/mol. The highest BCUT2D eigenvalue weighted by Crippen LogP contribution is 2.04. The predicted octanol–water partition coefficient (Wildman–Crippen LogP) is -1.48. The van der Waals surface area contributed by atoms with Crippen LogP contribution in [-0.4, -0.2) is 61.3 Å². The van der Waals surface area contributed by atoms with Crippen molar-refractivity contribution in [2.75, 3.05) is 33.4 Å². The molecule has 80 valence electrons. The van der Waals surface area contributed by atoms with Crippen LogP contribution in [0, 0.1) is 0 Å². The second-order valence-corrected chi connectivity index (χ2v) is 3.06. The van der Waals surface area contributed by atoms with E-state index in [0.29, 0.717) is 19.7 Å². The molecule has 0 aromatic carbocycles. The van der Waals surface area contributed by atoms with Gasteiger partial charge >= 0.3 is 5.97 Å². The lowest BCUT2D eigenvalue weighted by molar-refractivity contribution is -0.152. The summed E-state index contributed by atoms with van der Waals surface area (Å²) in [4.78, 5) is 23.5. The lowest BCUT2D eigenvalue weighted by Gasteiger charge is -2.33. The number of carbonyl (C=O) groups is 2. The third-order valence-electron chi connectivity index (χ3n) is 2.13. The SMILES string of the molecule is COCCN1C(=O)CNCC1C(=O)O. The Morgan fingerprint density at radius 1 is 1.79 bits per heavy atom. The molecule has 1 saturated heterocycles. The maximum Gasteiger partial charge on any atom is 0.327 e. The van der Waals surface area contributed by atoms with Crippen molar-refractivity contribution in [3.05, 3.63) is 0 Å². The number of carboxylic acids is 1. The molecule has 14 heavy (non-hydrogen) atoms. The first-order valence-electron chi connectivity index (χ1n) is 4.38. The summed E-state index contributed by atoms with van der Waals surface area (Å²) in [5.74, 6) is -1.18. The van der Waals surface area contributed by atoms with E-state index in [9.17, 15) is 9.59 Å². The van der Waals surface area contributed by atoms with E-state index in [1.807, 2.05) is 0 Å². The fourth-order valence-electron chi connectivity index (χ4n) is 1.39. The van der Waals surface area contributed by atoms with Crippen molar-refractivity contribution in [1.82, 2.24) is 10.2 Å². The minimum Gasteiger partial charge on any atom is -0.480 e. The van der Waals surface area contributed by atoms with Crippen molar-refractivity contribution in [1.29, 1.82) is 0 Å². The summed E-state index contributed by atoms with van der Waals surface area (Å²) in [6.45, 7) is 1.18. The highest BCUT2D eigenvalue weighted by molar-refractivity contribution is 5.86. The first kappa shape index (κ1) is 10.9. The standard InChI is InChI=1S/C8H14N2O4/c1-14-3-2-10-6(8(12)13)4-9-5-7(10)11/h6,9H,2-5H2,1H3,(H,12,13). The fraction of sp³-hybridized carbons (Fsp3) is 0.750. The van der Waals surface area contributed by atoms with Crippen molar-refractivity contribution in [3.63, 3.8) is 0 Å². The van der Waals surface area contributed by atoms with Crippen molar-refractivity contribution >= 4 is 11.9 Å². The van der Waals surface area contributed by atoms with Crippen LogP contribution >= 0.6 is 0 Å². The molecule has 6 nitrogen and oxygen atoms in total. The molecule has 1 aliphatic rings. The molecule has 0 radical (unpaired) electrons. The zero-order chi connectivity index (χ0) is 10.6. The van der Waals surface area contributed by atoms with E-state index < -0.39 is 12.0 Å². The largest absolute Gasteiger partial charge is 0.480 e. The molecule has 0 spiro atoms. The second kappa shape index (κ2) is 4.92. The number of ether oxygens (including phenoxy) is 1. The maximum absolute atomic E-state index is 11.4. The Morgan fingerprint density at radius 2 is 2.50 bits per heavy atom. The second-order valence-electron chi connectivity index (χ2n) is 3.06. The van der Waals surface area contributed by atoms with Crippen LogP contribution in [0.4, 0.5) is 0 Å². The monoisotopic (exact) mass is 202 g/mol. The predicted molar refractivity (Wildman–Crippen MR) is 47.9 cm³/mol. The van der Waals surface area contributed by atoms with E-state index in [2.05, 4.69) is 5.32 Å². The molecule has 0 bridgehead atoms. The number of hydrogen-bond acceptors (Lipinski definition) is 4. The van der Waals surface area contributed by atoms with Gasteiger partial charge in [-0.2, -0.15) is 0 Å². The zero-order valence-corrected chi connectivity index (χ0v) is 8.02. The van der Waals surface area contributed by atoms with Gasteiger partial charge in [-0.3, -0.25) is 4.79 Å². The minimum atomic E-state index is -0.985. The van der Waals surface area contributed by atoms with Crippen molar-refractivity contribution in [3.8, 4) is 0 Å². The molecule has 0 saturated carbocycles. The first-order chi connectivity index (χ1) is 6.66. The van der Waals surface area contributed by atoms with Crippen molar-refractivity contribution < 1.29 is 19.4 Å². The summed E-state index contributed by atoms with van der Waals surface area (Å²) in [6.07, 6.45) is 0. The van der Waals surface area contributed by atoms with Crippen LogP contribution < -0.4 is 5.32 Å². The van der Waals surface area contributed by atoms with Gasteiger partial charge in [0.1, 0.15) is 6.04 Å². The van der Waals surface area contributed by atoms with Crippen molar-refractivity contribution in [2.24, 2.45) is 0 Å². The average Bonchev–Trinajstić information content (AvgIpc) is 2.15. The summed E-state index contributed by atoms with van der Waals surface area (Å²) >= 11 is 0. The van der Waals surface area contributed by atoms with Crippen LogP contribution in [0.2, 0.25) is 0 Å². The number of nitrogens with one attached hydrogen (secondary N) is 1. The number of methoxy groups -OCH3 is 1. The van der Waals surface area contributed by atoms with E-state index in [4.69, 9.17) is 9.84 Å². The van der Waals surface area contributed by atoms with Crippen LogP contribution in [0.25, 0.3) is 0 Å². The first-order valence-corrected chi connectivity index (χ1v) is 4.38. The van der Waals surface area contributed by atoms with Gasteiger partial charge in [-0.05, 0) is 0 Å². The van der Waals surface area contributed by atoms with Gasteiger partial charge in [-0.1, -0.05) is 0 Å². The summed E-state index contributed by atoms with van der Waals surface area (Å²) in [6, 6.07) is -0.772. The molecule has 0 aliphatic carbocycles. The number of hydrogen-bond donors (Lipinski definition) is 2. The number of carboxylic acid groups (broad SMARTS) is 1. The molecule has 1 fully saturated rings. The van der Waals surface area contributed by atoms with Crippen LogP contribution in [0.1, 0.15) is 0 Å². The Hall–Kier alpha value is -1.14. The Bertz CT molecular complexity index is 231. The highest BCUT2D eigenvalue weighted by Gasteiger charge is 2.32. The van der Waals surface area contributed by atoms with Crippen molar-refractivity contribution in [2.45, 2.75) is 6.04 Å². The molecule has 0 aromatic heterocycles. The van der Waals surface area contributed by atoms with E-state index in [1.54, 1.807) is 0 Å². The summed E-state index contributed by atoms with van der Waals surface area (Å²) in [5.41, 5.74) is 0. The lowest BCUT2D eigenvalue weighted by Crippen LogP contribution is -2.58. The summed E-state index contributed by atoms with van der Waals surface area (Å²) in [5, 5.41) is 11.6. The number of amides is 1. The van der Waals surface area contributed by atoms with Crippen LogP contribution in [0.5, 0.6) is 0 Å². The topological polar surface area (TPSA) is 78.9 Å². The molecule has 1 aliphatic heterocycles. The van der Waals surface area contributed by atoms with Gasteiger partial charge in [0.15, 0.2) is 0 Å². The Morgan fingerprint density at radius 3 is 3.07 bits per heavy atom. The van der Waals surface area contributed by atoms with Gasteiger partial charge in [-0.25, -0.2) is 4.79 Å². The summed E-state index contributed by atoms with van der Waals surface area (Å²) < 4.78 is 4.81. The smallest absolute Gasteiger partial charge is 0.327 e. The molecular formula is C8H14N2O4. The Labute approximate surface area is 81.8 Å². The molecule has 1 amide bonds. The molecule has 2 N–H and O–H groups in total. The van der Waals surface area contributed by atoms with Crippen LogP contribution in [0.3, 0.4) is 0 Å². The molecule has 0 aromatic rings. The fourth-order valence-corrected chi connectivity index (χ4v) is 1.39. The van der Waals surface area contributed by atoms with Gasteiger partial charge in [0, 0.05) is 20.2 Å². The number of aliphatic carboxylic acids is 1. The van der Waals surface area contributed by atoms with Gasteiger partial charge in [0.25, 0.3) is 0 Å². The van der Waals surface area contributed by atoms with Gasteiger partial charge in [0.2, 0.25) is 5.91 Å². The quantitative estimate of drug-likeness (QED) is 0.581. The van der Waals surface area contributed by atoms with E-state index in [0.717, 1.165) is 0 Å². The Kier molecular flexibility index (Phi) is 3.84. The van der Waals surface area contributed by atoms with Gasteiger partial charge < -0.3 is 20.1 Å². The van der Waals surface area contributed by atoms with Gasteiger partial charge in [0.05, 0.1) is 13.2 Å². The minimum absolute atomic E-state index is 0.194. The number of carbonyl (C=O) groups excluding carboxylic acids is 1. The molecule has 1 atom stereocenters. The van der Waals surface area contributed by atoms with Crippen LogP contribution in [0.15, 0.2) is 0 Å². The summed E-state index contributed by atoms with van der Waals surface area (Å²) in [7, 11) is 1.52. The molecule has 1 unspecified atom stereocenters. The van der Waals surface area contributed by atoms with Gasteiger partial charge in [-0.15, -0.1) is 0 Å². The average molecular weight is 202 g/mol. The third kappa shape index (κ3) is 2.43. The maximum atomic E-state index is 11.4. The van der Waals surface area contributed by atoms with E-state index in [-0.39, 0.29) is 12.5 Å². The lowest BCUT2D eigenvalue weighted by atomic mass is 10.2. The number of rotatable bonds is 4. The molecule has 1 heterocycles. The third-order valence-corrected chi connectivity index (χ3v) is 2.13. The number of nitrogens with zero attached hydrogens (tertiary/aromatic N) is 1. The van der Waals surface area contributed by atoms with E-state index >= 15 is 0 Å². The molecule has 1 rings (SSSR count). The molecule has 6 heteroatoms. The zero-order valence-electron chi connectivity index (χ0n) is 8.02. The van der Waals surface area contributed by atoms with E-state index in [1.165, 1.54) is 12.0 Å². The van der Waals surface area contributed by atoms with Crippen LogP contribution in [-0.2, 0) is 14.3 Å². The Balaban J connectivity index is 2.61. The number of piperazine rings is 1. The highest BCUT2D eigenvalue weighted by atomic mass is 16.5. The normalized spacial score (nSPS) is 22.5.